The Hall–Kier alpha value is -4.57. The van der Waals surface area contributed by atoms with Crippen LogP contribution in [0.2, 0.25) is 5.02 Å². The van der Waals surface area contributed by atoms with Gasteiger partial charge in [0.25, 0.3) is 5.56 Å². The first-order chi connectivity index (χ1) is 16.8. The van der Waals surface area contributed by atoms with E-state index in [-0.39, 0.29) is 12.1 Å². The van der Waals surface area contributed by atoms with Gasteiger partial charge in [-0.3, -0.25) is 15.4 Å². The Morgan fingerprint density at radius 3 is 2.54 bits per heavy atom. The SMILES string of the molecule is COC(=O)Nc1ccc(-c2cnc(Cn3ccc(-c4cc(Cl)ccc4NC(=O)O)cc3=O)[nH]2)cc1. The zero-order chi connectivity index (χ0) is 24.9. The van der Waals surface area contributed by atoms with Gasteiger partial charge in [0, 0.05) is 28.5 Å². The molecule has 0 spiro atoms. The van der Waals surface area contributed by atoms with Gasteiger partial charge in [0.2, 0.25) is 0 Å². The third-order valence-corrected chi connectivity index (χ3v) is 5.34. The van der Waals surface area contributed by atoms with E-state index in [9.17, 15) is 14.4 Å². The quantitative estimate of drug-likeness (QED) is 0.302. The van der Waals surface area contributed by atoms with E-state index in [0.29, 0.717) is 33.3 Å². The number of halogens is 1. The molecule has 0 aliphatic rings. The van der Waals surface area contributed by atoms with Gasteiger partial charge in [-0.1, -0.05) is 23.7 Å². The molecular weight excluding hydrogens is 474 g/mol. The predicted octanol–water partition coefficient (Wildman–Crippen LogP) is 4.88. The molecule has 2 aromatic carbocycles. The summed E-state index contributed by atoms with van der Waals surface area (Å²) in [5, 5.41) is 14.4. The normalized spacial score (nSPS) is 10.6. The minimum absolute atomic E-state index is 0.205. The van der Waals surface area contributed by atoms with Crippen LogP contribution in [0.15, 0.2) is 71.8 Å². The van der Waals surface area contributed by atoms with Crippen LogP contribution in [0.5, 0.6) is 0 Å². The molecule has 11 heteroatoms. The third kappa shape index (κ3) is 5.68. The Morgan fingerprint density at radius 1 is 1.09 bits per heavy atom. The lowest BCUT2D eigenvalue weighted by Gasteiger charge is -2.11. The molecule has 0 aliphatic carbocycles. The smallest absolute Gasteiger partial charge is 0.411 e. The third-order valence-electron chi connectivity index (χ3n) is 5.11. The number of methoxy groups -OCH3 is 1. The van der Waals surface area contributed by atoms with Crippen molar-refractivity contribution in [3.05, 3.63) is 88.2 Å². The average Bonchev–Trinajstić information content (AvgIpc) is 3.30. The Balaban J connectivity index is 1.52. The number of aromatic amines is 1. The van der Waals surface area contributed by atoms with Crippen LogP contribution in [0, 0.1) is 0 Å². The zero-order valence-electron chi connectivity index (χ0n) is 18.4. The van der Waals surface area contributed by atoms with E-state index >= 15 is 0 Å². The molecule has 2 aromatic heterocycles. The van der Waals surface area contributed by atoms with Crippen LogP contribution < -0.4 is 16.2 Å². The number of aromatic nitrogens is 3. The highest BCUT2D eigenvalue weighted by Gasteiger charge is 2.11. The fourth-order valence-electron chi connectivity index (χ4n) is 3.44. The minimum Gasteiger partial charge on any atom is -0.465 e. The summed E-state index contributed by atoms with van der Waals surface area (Å²) >= 11 is 6.08. The van der Waals surface area contributed by atoms with Crippen molar-refractivity contribution in [3.8, 4) is 22.4 Å². The van der Waals surface area contributed by atoms with Crippen molar-refractivity contribution in [1.82, 2.24) is 14.5 Å². The molecule has 4 rings (SSSR count). The molecule has 2 heterocycles. The summed E-state index contributed by atoms with van der Waals surface area (Å²) in [6, 6.07) is 14.9. The van der Waals surface area contributed by atoms with Gasteiger partial charge in [-0.05, 0) is 47.5 Å². The van der Waals surface area contributed by atoms with Crippen LogP contribution in [0.25, 0.3) is 22.4 Å². The monoisotopic (exact) mass is 493 g/mol. The number of anilines is 2. The van der Waals surface area contributed by atoms with E-state index in [1.807, 2.05) is 12.1 Å². The van der Waals surface area contributed by atoms with Crippen LogP contribution in [-0.4, -0.2) is 38.9 Å². The van der Waals surface area contributed by atoms with E-state index in [2.05, 4.69) is 25.3 Å². The van der Waals surface area contributed by atoms with Gasteiger partial charge in [-0.2, -0.15) is 0 Å². The number of carbonyl (C=O) groups excluding carboxylic acids is 1. The van der Waals surface area contributed by atoms with Crippen LogP contribution in [0.3, 0.4) is 0 Å². The number of amides is 2. The van der Waals surface area contributed by atoms with Crippen molar-refractivity contribution in [3.63, 3.8) is 0 Å². The summed E-state index contributed by atoms with van der Waals surface area (Å²) in [7, 11) is 1.29. The van der Waals surface area contributed by atoms with Crippen molar-refractivity contribution in [2.45, 2.75) is 6.54 Å². The summed E-state index contributed by atoms with van der Waals surface area (Å²) in [6.07, 6.45) is 1.50. The Bertz CT molecular complexity index is 1450. The van der Waals surface area contributed by atoms with Crippen molar-refractivity contribution in [2.75, 3.05) is 17.7 Å². The Morgan fingerprint density at radius 2 is 1.86 bits per heavy atom. The first-order valence-corrected chi connectivity index (χ1v) is 10.7. The second kappa shape index (κ2) is 10.1. The van der Waals surface area contributed by atoms with E-state index in [0.717, 1.165) is 11.3 Å². The minimum atomic E-state index is -1.22. The zero-order valence-corrected chi connectivity index (χ0v) is 19.2. The first-order valence-electron chi connectivity index (χ1n) is 10.3. The summed E-state index contributed by atoms with van der Waals surface area (Å²) in [4.78, 5) is 42.7. The highest BCUT2D eigenvalue weighted by molar-refractivity contribution is 6.31. The van der Waals surface area contributed by atoms with Gasteiger partial charge in [-0.25, -0.2) is 14.6 Å². The maximum absolute atomic E-state index is 12.8. The number of pyridine rings is 1. The molecule has 178 valence electrons. The van der Waals surface area contributed by atoms with Crippen molar-refractivity contribution in [2.24, 2.45) is 0 Å². The van der Waals surface area contributed by atoms with Gasteiger partial charge in [0.05, 0.1) is 31.2 Å². The number of H-pyrrole nitrogens is 1. The molecule has 0 aliphatic heterocycles. The fraction of sp³-hybridized carbons (Fsp3) is 0.0833. The Kier molecular flexibility index (Phi) is 6.83. The van der Waals surface area contributed by atoms with Gasteiger partial charge in [-0.15, -0.1) is 0 Å². The largest absolute Gasteiger partial charge is 0.465 e. The molecule has 0 saturated carbocycles. The number of carboxylic acid groups (broad SMARTS) is 1. The summed E-state index contributed by atoms with van der Waals surface area (Å²) in [5.41, 5.74) is 3.24. The first kappa shape index (κ1) is 23.6. The fourth-order valence-corrected chi connectivity index (χ4v) is 3.61. The van der Waals surface area contributed by atoms with Crippen molar-refractivity contribution in [1.29, 1.82) is 0 Å². The second-order valence-corrected chi connectivity index (χ2v) is 7.88. The van der Waals surface area contributed by atoms with Gasteiger partial charge in [0.1, 0.15) is 5.82 Å². The van der Waals surface area contributed by atoms with Crippen molar-refractivity contribution < 1.29 is 19.4 Å². The lowest BCUT2D eigenvalue weighted by Crippen LogP contribution is -2.20. The van der Waals surface area contributed by atoms with Crippen LogP contribution in [-0.2, 0) is 11.3 Å². The number of benzene rings is 2. The predicted molar refractivity (Wildman–Crippen MR) is 132 cm³/mol. The van der Waals surface area contributed by atoms with Crippen LogP contribution in [0.1, 0.15) is 5.82 Å². The molecule has 0 saturated heterocycles. The highest BCUT2D eigenvalue weighted by atomic mass is 35.5. The number of carbonyl (C=O) groups is 2. The molecule has 0 bridgehead atoms. The summed E-state index contributed by atoms with van der Waals surface area (Å²) in [5.74, 6) is 0.572. The molecule has 4 N–H and O–H groups in total. The topological polar surface area (TPSA) is 138 Å². The van der Waals surface area contributed by atoms with Gasteiger partial charge >= 0.3 is 12.2 Å². The molecule has 2 amide bonds. The molecular formula is C24H20ClN5O5. The summed E-state index contributed by atoms with van der Waals surface area (Å²) in [6.45, 7) is 0.205. The highest BCUT2D eigenvalue weighted by Crippen LogP contribution is 2.30. The summed E-state index contributed by atoms with van der Waals surface area (Å²) < 4.78 is 6.05. The number of rotatable bonds is 6. The molecule has 35 heavy (non-hydrogen) atoms. The molecule has 0 radical (unpaired) electrons. The Labute approximate surface area is 204 Å². The van der Waals surface area contributed by atoms with E-state index in [1.54, 1.807) is 48.8 Å². The number of hydrogen-bond donors (Lipinski definition) is 4. The van der Waals surface area contributed by atoms with E-state index in [1.165, 1.54) is 17.7 Å². The molecule has 4 aromatic rings. The molecule has 0 unspecified atom stereocenters. The average molecular weight is 494 g/mol. The lowest BCUT2D eigenvalue weighted by atomic mass is 10.0. The molecule has 0 fully saturated rings. The number of ether oxygens (including phenoxy) is 1. The van der Waals surface area contributed by atoms with E-state index < -0.39 is 12.2 Å². The number of nitrogens with one attached hydrogen (secondary N) is 3. The van der Waals surface area contributed by atoms with Gasteiger partial charge < -0.3 is 19.4 Å². The van der Waals surface area contributed by atoms with Crippen molar-refractivity contribution >= 4 is 35.2 Å². The number of nitrogens with zero attached hydrogens (tertiary/aromatic N) is 2. The van der Waals surface area contributed by atoms with Crippen LogP contribution >= 0.6 is 11.6 Å². The van der Waals surface area contributed by atoms with E-state index in [4.69, 9.17) is 16.7 Å². The maximum Gasteiger partial charge on any atom is 0.411 e. The number of imidazole rings is 1. The molecule has 0 atom stereocenters. The molecule has 10 nitrogen and oxygen atoms in total. The maximum atomic E-state index is 12.8. The van der Waals surface area contributed by atoms with Gasteiger partial charge in [0.15, 0.2) is 0 Å². The number of hydrogen-bond acceptors (Lipinski definition) is 5. The van der Waals surface area contributed by atoms with Crippen LogP contribution in [0.4, 0.5) is 21.0 Å². The standard InChI is InChI=1S/C24H20ClN5O5/c1-35-24(34)27-17-5-2-14(3-6-17)20-12-26-21(28-20)13-30-9-8-15(10-22(30)31)18-11-16(25)4-7-19(18)29-23(32)33/h2-12,29H,13H2,1H3,(H,26,28)(H,27,34)(H,32,33). The second-order valence-electron chi connectivity index (χ2n) is 7.44. The lowest BCUT2D eigenvalue weighted by molar-refractivity contribution is 0.187.